The molecule has 150 valence electrons. The molecule has 1 N–H and O–H groups in total. The summed E-state index contributed by atoms with van der Waals surface area (Å²) in [5, 5.41) is 5.00. The van der Waals surface area contributed by atoms with Crippen LogP contribution in [-0.4, -0.2) is 20.4 Å². The minimum absolute atomic E-state index is 0.244. The number of thiazole rings is 1. The largest absolute Gasteiger partial charge is 0.324 e. The first-order valence-corrected chi connectivity index (χ1v) is 10.0. The number of carbonyl (C=O) groups is 1. The predicted molar refractivity (Wildman–Crippen MR) is 115 cm³/mol. The molecular formula is C22H17FN4O2S. The molecule has 0 atom stereocenters. The maximum atomic E-state index is 13.7. The summed E-state index contributed by atoms with van der Waals surface area (Å²) >= 11 is 1.34. The van der Waals surface area contributed by atoms with Gasteiger partial charge in [-0.05, 0) is 24.6 Å². The second kappa shape index (κ2) is 8.38. The van der Waals surface area contributed by atoms with Crippen LogP contribution in [0.25, 0.3) is 21.8 Å². The van der Waals surface area contributed by atoms with Gasteiger partial charge in [-0.1, -0.05) is 36.4 Å². The Kier molecular flexibility index (Phi) is 5.49. The normalized spacial score (nSPS) is 10.7. The first-order chi connectivity index (χ1) is 14.5. The lowest BCUT2D eigenvalue weighted by molar-refractivity contribution is -0.116. The smallest absolute Gasteiger partial charge is 0.264 e. The van der Waals surface area contributed by atoms with Gasteiger partial charge in [0.2, 0.25) is 5.91 Å². The van der Waals surface area contributed by atoms with E-state index in [1.54, 1.807) is 19.1 Å². The van der Waals surface area contributed by atoms with Crippen molar-refractivity contribution in [3.8, 4) is 21.8 Å². The molecule has 0 fully saturated rings. The molecule has 1 amide bonds. The lowest BCUT2D eigenvalue weighted by Crippen LogP contribution is -2.28. The van der Waals surface area contributed by atoms with Crippen molar-refractivity contribution in [2.24, 2.45) is 0 Å². The number of nitrogens with one attached hydrogen (secondary N) is 1. The average Bonchev–Trinajstić information content (AvgIpc) is 3.23. The van der Waals surface area contributed by atoms with Gasteiger partial charge >= 0.3 is 0 Å². The Labute approximate surface area is 175 Å². The molecule has 2 heterocycles. The summed E-state index contributed by atoms with van der Waals surface area (Å²) in [4.78, 5) is 33.8. The quantitative estimate of drug-likeness (QED) is 0.527. The summed E-state index contributed by atoms with van der Waals surface area (Å²) in [6, 6.07) is 14.1. The number of rotatable bonds is 5. The van der Waals surface area contributed by atoms with Crippen molar-refractivity contribution >= 4 is 22.9 Å². The summed E-state index contributed by atoms with van der Waals surface area (Å²) in [5.41, 5.74) is 2.48. The summed E-state index contributed by atoms with van der Waals surface area (Å²) in [6.45, 7) is 1.39. The van der Waals surface area contributed by atoms with Gasteiger partial charge in [0.05, 0.1) is 17.6 Å². The van der Waals surface area contributed by atoms with Crippen molar-refractivity contribution in [1.82, 2.24) is 14.5 Å². The summed E-state index contributed by atoms with van der Waals surface area (Å²) in [7, 11) is 0. The second-order valence-corrected chi connectivity index (χ2v) is 7.51. The van der Waals surface area contributed by atoms with E-state index in [1.807, 2.05) is 35.7 Å². The van der Waals surface area contributed by atoms with Gasteiger partial charge in [0.1, 0.15) is 17.4 Å². The number of anilines is 1. The lowest BCUT2D eigenvalue weighted by atomic mass is 10.2. The molecule has 30 heavy (non-hydrogen) atoms. The Hall–Kier alpha value is -3.65. The van der Waals surface area contributed by atoms with E-state index in [2.05, 4.69) is 15.3 Å². The molecule has 6 nitrogen and oxygen atoms in total. The molecule has 0 unspecified atom stereocenters. The van der Waals surface area contributed by atoms with Crippen LogP contribution in [0.15, 0.2) is 71.2 Å². The number of hydrogen-bond acceptors (Lipinski definition) is 5. The molecule has 0 aliphatic heterocycles. The zero-order chi connectivity index (χ0) is 21.1. The minimum Gasteiger partial charge on any atom is -0.324 e. The van der Waals surface area contributed by atoms with Gasteiger partial charge in [-0.15, -0.1) is 11.3 Å². The van der Waals surface area contributed by atoms with Gasteiger partial charge in [0.15, 0.2) is 0 Å². The van der Waals surface area contributed by atoms with E-state index in [9.17, 15) is 14.0 Å². The van der Waals surface area contributed by atoms with Crippen LogP contribution in [0, 0.1) is 12.7 Å². The van der Waals surface area contributed by atoms with Gasteiger partial charge < -0.3 is 5.32 Å². The Morgan fingerprint density at radius 3 is 2.77 bits per heavy atom. The van der Waals surface area contributed by atoms with Crippen molar-refractivity contribution in [3.05, 3.63) is 88.2 Å². The molecule has 0 aliphatic carbocycles. The number of nitrogens with zero attached hydrogens (tertiary/aromatic N) is 3. The van der Waals surface area contributed by atoms with Crippen LogP contribution < -0.4 is 10.9 Å². The minimum atomic E-state index is -0.455. The molecule has 0 spiro atoms. The Morgan fingerprint density at radius 1 is 1.20 bits per heavy atom. The van der Waals surface area contributed by atoms with Crippen LogP contribution in [-0.2, 0) is 11.3 Å². The van der Waals surface area contributed by atoms with Crippen molar-refractivity contribution < 1.29 is 9.18 Å². The molecule has 8 heteroatoms. The Morgan fingerprint density at radius 2 is 2.00 bits per heavy atom. The molecule has 0 bridgehead atoms. The van der Waals surface area contributed by atoms with Gasteiger partial charge in [0.25, 0.3) is 5.56 Å². The van der Waals surface area contributed by atoms with Crippen LogP contribution in [0.4, 0.5) is 10.1 Å². The highest BCUT2D eigenvalue weighted by Crippen LogP contribution is 2.26. The fourth-order valence-electron chi connectivity index (χ4n) is 2.87. The van der Waals surface area contributed by atoms with Crippen molar-refractivity contribution in [3.63, 3.8) is 0 Å². The standard InChI is InChI=1S/C22H17FN4O2S/c1-14-7-8-16(9-18(14)23)25-20(28)11-27-13-24-10-17(22(27)29)21-26-19(12-30-21)15-5-3-2-4-6-15/h2-10,12-13H,11H2,1H3,(H,25,28). The molecule has 2 aromatic carbocycles. The number of carbonyl (C=O) groups excluding carboxylic acids is 1. The van der Waals surface area contributed by atoms with Crippen LogP contribution in [0.5, 0.6) is 0 Å². The van der Waals surface area contributed by atoms with E-state index in [0.717, 1.165) is 11.3 Å². The van der Waals surface area contributed by atoms with E-state index in [-0.39, 0.29) is 12.1 Å². The highest BCUT2D eigenvalue weighted by atomic mass is 32.1. The summed E-state index contributed by atoms with van der Waals surface area (Å²) in [5.74, 6) is -0.866. The van der Waals surface area contributed by atoms with E-state index in [4.69, 9.17) is 0 Å². The highest BCUT2D eigenvalue weighted by Gasteiger charge is 2.14. The fraction of sp³-hybridized carbons (Fsp3) is 0.0909. The molecular weight excluding hydrogens is 403 g/mol. The molecule has 0 radical (unpaired) electrons. The Bertz CT molecular complexity index is 1270. The molecule has 4 aromatic rings. The zero-order valence-electron chi connectivity index (χ0n) is 16.0. The third kappa shape index (κ3) is 4.18. The van der Waals surface area contributed by atoms with E-state index in [1.165, 1.54) is 34.5 Å². The number of hydrogen-bond donors (Lipinski definition) is 1. The summed E-state index contributed by atoms with van der Waals surface area (Å²) < 4.78 is 14.9. The second-order valence-electron chi connectivity index (χ2n) is 6.66. The number of halogens is 1. The van der Waals surface area contributed by atoms with Crippen LogP contribution >= 0.6 is 11.3 Å². The molecule has 0 saturated heterocycles. The van der Waals surface area contributed by atoms with Gasteiger partial charge in [-0.3, -0.25) is 14.2 Å². The number of benzene rings is 2. The first-order valence-electron chi connectivity index (χ1n) is 9.13. The van der Waals surface area contributed by atoms with Crippen molar-refractivity contribution in [2.45, 2.75) is 13.5 Å². The topological polar surface area (TPSA) is 76.9 Å². The molecule has 4 rings (SSSR count). The number of aromatic nitrogens is 3. The maximum absolute atomic E-state index is 13.7. The highest BCUT2D eigenvalue weighted by molar-refractivity contribution is 7.13. The van der Waals surface area contributed by atoms with E-state index in [0.29, 0.717) is 21.8 Å². The van der Waals surface area contributed by atoms with Crippen LogP contribution in [0.2, 0.25) is 0 Å². The predicted octanol–water partition coefficient (Wildman–Crippen LogP) is 4.12. The fourth-order valence-corrected chi connectivity index (χ4v) is 3.70. The average molecular weight is 420 g/mol. The third-order valence-corrected chi connectivity index (χ3v) is 5.35. The van der Waals surface area contributed by atoms with E-state index >= 15 is 0 Å². The molecule has 0 saturated carbocycles. The van der Waals surface area contributed by atoms with Crippen molar-refractivity contribution in [1.29, 1.82) is 0 Å². The van der Waals surface area contributed by atoms with Gasteiger partial charge in [-0.25, -0.2) is 14.4 Å². The van der Waals surface area contributed by atoms with Gasteiger partial charge in [0, 0.05) is 22.8 Å². The van der Waals surface area contributed by atoms with Gasteiger partial charge in [-0.2, -0.15) is 0 Å². The van der Waals surface area contributed by atoms with Crippen molar-refractivity contribution in [2.75, 3.05) is 5.32 Å². The SMILES string of the molecule is Cc1ccc(NC(=O)Cn2cncc(-c3nc(-c4ccccc4)cs3)c2=O)cc1F. The van der Waals surface area contributed by atoms with E-state index < -0.39 is 11.7 Å². The Balaban J connectivity index is 1.55. The first kappa shape index (κ1) is 19.7. The van der Waals surface area contributed by atoms with Crippen LogP contribution in [0.3, 0.4) is 0 Å². The monoisotopic (exact) mass is 420 g/mol. The lowest BCUT2D eigenvalue weighted by Gasteiger charge is -2.08. The number of amides is 1. The number of aryl methyl sites for hydroxylation is 1. The zero-order valence-corrected chi connectivity index (χ0v) is 16.8. The maximum Gasteiger partial charge on any atom is 0.264 e. The summed E-state index contributed by atoms with van der Waals surface area (Å²) in [6.07, 6.45) is 2.74. The third-order valence-electron chi connectivity index (χ3n) is 4.47. The molecule has 0 aliphatic rings. The molecule has 2 aromatic heterocycles. The van der Waals surface area contributed by atoms with Crippen LogP contribution in [0.1, 0.15) is 5.56 Å².